The number of benzene rings is 1. The summed E-state index contributed by atoms with van der Waals surface area (Å²) in [5.74, 6) is -0.262. The first-order valence-corrected chi connectivity index (χ1v) is 6.65. The number of rotatable bonds is 5. The molecule has 20 heavy (non-hydrogen) atoms. The van der Waals surface area contributed by atoms with Gasteiger partial charge in [0.15, 0.2) is 0 Å². The van der Waals surface area contributed by atoms with Crippen molar-refractivity contribution in [1.82, 2.24) is 5.32 Å². The quantitative estimate of drug-likeness (QED) is 0.767. The Balaban J connectivity index is 2.78. The van der Waals surface area contributed by atoms with Crippen LogP contribution in [0.1, 0.15) is 42.6 Å². The van der Waals surface area contributed by atoms with Gasteiger partial charge in [0.2, 0.25) is 5.91 Å². The third-order valence-electron chi connectivity index (χ3n) is 3.08. The first kappa shape index (κ1) is 16.2. The molecule has 4 N–H and O–H groups in total. The molecule has 0 spiro atoms. The zero-order valence-electron chi connectivity index (χ0n) is 12.5. The molecule has 0 aliphatic carbocycles. The van der Waals surface area contributed by atoms with Crippen LogP contribution in [0.5, 0.6) is 0 Å². The first-order valence-electron chi connectivity index (χ1n) is 6.65. The van der Waals surface area contributed by atoms with E-state index in [-0.39, 0.29) is 17.4 Å². The largest absolute Gasteiger partial charge is 0.355 e. The molecule has 0 aromatic heterocycles. The predicted molar refractivity (Wildman–Crippen MR) is 80.7 cm³/mol. The van der Waals surface area contributed by atoms with Crippen LogP contribution in [0.15, 0.2) is 18.2 Å². The number of nitrogens with two attached hydrogens (primary N) is 1. The monoisotopic (exact) mass is 277 g/mol. The van der Waals surface area contributed by atoms with Crippen molar-refractivity contribution in [2.45, 2.75) is 39.2 Å². The van der Waals surface area contributed by atoms with E-state index in [4.69, 9.17) is 5.73 Å². The van der Waals surface area contributed by atoms with E-state index < -0.39 is 0 Å². The molecule has 0 radical (unpaired) electrons. The van der Waals surface area contributed by atoms with Crippen molar-refractivity contribution in [2.75, 3.05) is 12.4 Å². The molecule has 0 saturated heterocycles. The topological polar surface area (TPSA) is 84.2 Å². The smallest absolute Gasteiger partial charge is 0.251 e. The van der Waals surface area contributed by atoms with Gasteiger partial charge in [-0.15, -0.1) is 0 Å². The number of carbonyl (C=O) groups is 2. The average molecular weight is 277 g/mol. The second-order valence-corrected chi connectivity index (χ2v) is 5.59. The standard InChI is InChI=1S/C15H23N3O2/c1-10-11(14(20)17-4)6-5-7-12(10)18-13(19)8-9-15(2,3)16/h5-7H,8-9,16H2,1-4H3,(H,17,20)(H,18,19). The molecule has 1 rings (SSSR count). The van der Waals surface area contributed by atoms with Crippen LogP contribution < -0.4 is 16.4 Å². The summed E-state index contributed by atoms with van der Waals surface area (Å²) in [5.41, 5.74) is 7.47. The fourth-order valence-corrected chi connectivity index (χ4v) is 1.80. The second-order valence-electron chi connectivity index (χ2n) is 5.59. The average Bonchev–Trinajstić information content (AvgIpc) is 2.37. The van der Waals surface area contributed by atoms with Gasteiger partial charge in [-0.05, 0) is 44.9 Å². The Morgan fingerprint density at radius 3 is 2.50 bits per heavy atom. The van der Waals surface area contributed by atoms with Gasteiger partial charge in [0.1, 0.15) is 0 Å². The fourth-order valence-electron chi connectivity index (χ4n) is 1.80. The third-order valence-corrected chi connectivity index (χ3v) is 3.08. The van der Waals surface area contributed by atoms with Crippen molar-refractivity contribution in [3.8, 4) is 0 Å². The number of amides is 2. The number of hydrogen-bond donors (Lipinski definition) is 3. The minimum absolute atomic E-state index is 0.0966. The molecule has 1 aromatic rings. The molecular weight excluding hydrogens is 254 g/mol. The van der Waals surface area contributed by atoms with Gasteiger partial charge in [-0.25, -0.2) is 0 Å². The molecular formula is C15H23N3O2. The normalized spacial score (nSPS) is 11.1. The van der Waals surface area contributed by atoms with Gasteiger partial charge in [0, 0.05) is 30.3 Å². The molecule has 1 aromatic carbocycles. The number of nitrogens with one attached hydrogen (secondary N) is 2. The Bertz CT molecular complexity index is 504. The van der Waals surface area contributed by atoms with E-state index in [1.165, 1.54) is 0 Å². The Morgan fingerprint density at radius 2 is 1.95 bits per heavy atom. The van der Waals surface area contributed by atoms with Gasteiger partial charge >= 0.3 is 0 Å². The van der Waals surface area contributed by atoms with Gasteiger partial charge in [0.05, 0.1) is 0 Å². The Morgan fingerprint density at radius 1 is 1.30 bits per heavy atom. The van der Waals surface area contributed by atoms with E-state index in [0.29, 0.717) is 24.1 Å². The van der Waals surface area contributed by atoms with Crippen LogP contribution >= 0.6 is 0 Å². The van der Waals surface area contributed by atoms with E-state index in [1.54, 1.807) is 25.2 Å². The lowest BCUT2D eigenvalue weighted by Crippen LogP contribution is -2.33. The first-order chi connectivity index (χ1) is 9.24. The second kappa shape index (κ2) is 6.52. The molecule has 2 amide bonds. The van der Waals surface area contributed by atoms with Crippen molar-refractivity contribution in [2.24, 2.45) is 5.73 Å². The van der Waals surface area contributed by atoms with Crippen molar-refractivity contribution < 1.29 is 9.59 Å². The molecule has 0 aliphatic heterocycles. The van der Waals surface area contributed by atoms with Crippen LogP contribution in [-0.2, 0) is 4.79 Å². The van der Waals surface area contributed by atoms with Crippen LogP contribution in [0.4, 0.5) is 5.69 Å². The van der Waals surface area contributed by atoms with Crippen molar-refractivity contribution >= 4 is 17.5 Å². The summed E-state index contributed by atoms with van der Waals surface area (Å²) in [7, 11) is 1.58. The van der Waals surface area contributed by atoms with E-state index in [0.717, 1.165) is 5.56 Å². The van der Waals surface area contributed by atoms with Crippen LogP contribution in [0.2, 0.25) is 0 Å². The van der Waals surface area contributed by atoms with Gasteiger partial charge in [-0.2, -0.15) is 0 Å². The molecule has 0 aliphatic rings. The van der Waals surface area contributed by atoms with Crippen LogP contribution in [0, 0.1) is 6.92 Å². The fraction of sp³-hybridized carbons (Fsp3) is 0.467. The predicted octanol–water partition coefficient (Wildman–Crippen LogP) is 1.81. The molecule has 0 saturated carbocycles. The maximum atomic E-state index is 11.9. The third kappa shape index (κ3) is 4.66. The lowest BCUT2D eigenvalue weighted by molar-refractivity contribution is -0.116. The SMILES string of the molecule is CNC(=O)c1cccc(NC(=O)CCC(C)(C)N)c1C. The van der Waals surface area contributed by atoms with Crippen molar-refractivity contribution in [3.05, 3.63) is 29.3 Å². The van der Waals surface area contributed by atoms with Gasteiger partial charge in [-0.3, -0.25) is 9.59 Å². The molecule has 5 heteroatoms. The van der Waals surface area contributed by atoms with Crippen LogP contribution in [0.25, 0.3) is 0 Å². The zero-order valence-corrected chi connectivity index (χ0v) is 12.5. The summed E-state index contributed by atoms with van der Waals surface area (Å²) >= 11 is 0. The summed E-state index contributed by atoms with van der Waals surface area (Å²) in [4.78, 5) is 23.6. The lowest BCUT2D eigenvalue weighted by atomic mass is 9.99. The summed E-state index contributed by atoms with van der Waals surface area (Å²) in [6.07, 6.45) is 0.958. The highest BCUT2D eigenvalue weighted by Gasteiger charge is 2.15. The summed E-state index contributed by atoms with van der Waals surface area (Å²) < 4.78 is 0. The van der Waals surface area contributed by atoms with Crippen LogP contribution in [-0.4, -0.2) is 24.4 Å². The van der Waals surface area contributed by atoms with E-state index in [2.05, 4.69) is 10.6 Å². The maximum Gasteiger partial charge on any atom is 0.251 e. The van der Waals surface area contributed by atoms with E-state index >= 15 is 0 Å². The highest BCUT2D eigenvalue weighted by atomic mass is 16.2. The van der Waals surface area contributed by atoms with Crippen molar-refractivity contribution in [1.29, 1.82) is 0 Å². The Kier molecular flexibility index (Phi) is 5.27. The molecule has 0 atom stereocenters. The Labute approximate surface area is 119 Å². The highest BCUT2D eigenvalue weighted by Crippen LogP contribution is 2.19. The summed E-state index contributed by atoms with van der Waals surface area (Å²) in [6.45, 7) is 5.59. The molecule has 0 heterocycles. The van der Waals surface area contributed by atoms with Crippen LogP contribution in [0.3, 0.4) is 0 Å². The minimum atomic E-state index is -0.365. The molecule has 5 nitrogen and oxygen atoms in total. The lowest BCUT2D eigenvalue weighted by Gasteiger charge is -2.18. The minimum Gasteiger partial charge on any atom is -0.355 e. The highest BCUT2D eigenvalue weighted by molar-refractivity contribution is 5.99. The van der Waals surface area contributed by atoms with Gasteiger partial charge in [-0.1, -0.05) is 6.07 Å². The molecule has 110 valence electrons. The molecule has 0 bridgehead atoms. The number of carbonyl (C=O) groups excluding carboxylic acids is 2. The molecule has 0 fully saturated rings. The van der Waals surface area contributed by atoms with E-state index in [1.807, 2.05) is 20.8 Å². The Hall–Kier alpha value is -1.88. The number of hydrogen-bond acceptors (Lipinski definition) is 3. The summed E-state index contributed by atoms with van der Waals surface area (Å²) in [6, 6.07) is 5.26. The maximum absolute atomic E-state index is 11.9. The summed E-state index contributed by atoms with van der Waals surface area (Å²) in [5, 5.41) is 5.41. The zero-order chi connectivity index (χ0) is 15.3. The van der Waals surface area contributed by atoms with Crippen molar-refractivity contribution in [3.63, 3.8) is 0 Å². The van der Waals surface area contributed by atoms with Gasteiger partial charge < -0.3 is 16.4 Å². The number of anilines is 1. The molecule has 0 unspecified atom stereocenters. The van der Waals surface area contributed by atoms with E-state index in [9.17, 15) is 9.59 Å². The van der Waals surface area contributed by atoms with Gasteiger partial charge in [0.25, 0.3) is 5.91 Å².